The molecule has 3 nitrogen and oxygen atoms in total. The maximum Gasteiger partial charge on any atom is 0.416 e. The van der Waals surface area contributed by atoms with Gasteiger partial charge in [0.25, 0.3) is 0 Å². The predicted octanol–water partition coefficient (Wildman–Crippen LogP) is 5.60. The van der Waals surface area contributed by atoms with Crippen molar-refractivity contribution in [1.82, 2.24) is 0 Å². The Kier molecular flexibility index (Phi) is 4.43. The fraction of sp³-hybridized carbons (Fsp3) is 0.136. The Labute approximate surface area is 160 Å². The highest BCUT2D eigenvalue weighted by Gasteiger charge is 2.35. The molecule has 0 saturated heterocycles. The summed E-state index contributed by atoms with van der Waals surface area (Å²) in [5.74, 6) is 0. The molecule has 4 rings (SSSR count). The number of halogens is 3. The number of para-hydroxylation sites is 2. The first-order valence-electron chi connectivity index (χ1n) is 8.74. The molecule has 3 aromatic rings. The van der Waals surface area contributed by atoms with Crippen LogP contribution in [-0.4, -0.2) is 17.0 Å². The molecule has 0 radical (unpaired) electrons. The number of nitrogens with zero attached hydrogens (tertiary/aromatic N) is 2. The molecule has 0 amide bonds. The average molecular weight is 382 g/mol. The Morgan fingerprint density at radius 1 is 0.929 bits per heavy atom. The first kappa shape index (κ1) is 18.3. The minimum Gasteiger partial charge on any atom is -0.368 e. The van der Waals surface area contributed by atoms with E-state index in [9.17, 15) is 18.3 Å². The highest BCUT2D eigenvalue weighted by atomic mass is 19.4. The van der Waals surface area contributed by atoms with Crippen molar-refractivity contribution in [3.8, 4) is 0 Å². The topological polar surface area (TPSA) is 35.8 Å². The molecular formula is C22H17F3N2O. The molecule has 1 atom stereocenters. The number of hydrogen-bond donors (Lipinski definition) is 1. The molecule has 6 heteroatoms. The second-order valence-corrected chi connectivity index (χ2v) is 6.59. The zero-order valence-corrected chi connectivity index (χ0v) is 15.0. The highest BCUT2D eigenvalue weighted by Crippen LogP contribution is 2.39. The molecule has 0 spiro atoms. The van der Waals surface area contributed by atoms with Crippen LogP contribution in [-0.2, 0) is 6.18 Å². The van der Waals surface area contributed by atoms with E-state index in [1.165, 1.54) is 6.07 Å². The Morgan fingerprint density at radius 2 is 1.61 bits per heavy atom. The first-order valence-corrected chi connectivity index (χ1v) is 8.74. The maximum absolute atomic E-state index is 13.1. The maximum atomic E-state index is 13.1. The summed E-state index contributed by atoms with van der Waals surface area (Å²) in [5.41, 5.74) is 2.56. The third-order valence-electron chi connectivity index (χ3n) is 4.74. The summed E-state index contributed by atoms with van der Waals surface area (Å²) in [4.78, 5) is 6.17. The summed E-state index contributed by atoms with van der Waals surface area (Å²) in [6.45, 7) is 1.70. The highest BCUT2D eigenvalue weighted by molar-refractivity contribution is 6.15. The SMILES string of the molecule is Cc1ccc(C(F)(F)F)cc1N=C1c2ccccc2N(c2ccccc2)C1O. The molecule has 0 saturated carbocycles. The Morgan fingerprint density at radius 3 is 2.32 bits per heavy atom. The van der Waals surface area contributed by atoms with Gasteiger partial charge in [0.15, 0.2) is 6.23 Å². The van der Waals surface area contributed by atoms with Crippen molar-refractivity contribution >= 4 is 22.8 Å². The van der Waals surface area contributed by atoms with Gasteiger partial charge < -0.3 is 10.0 Å². The molecule has 0 aliphatic carbocycles. The van der Waals surface area contributed by atoms with E-state index in [2.05, 4.69) is 4.99 Å². The summed E-state index contributed by atoms with van der Waals surface area (Å²) in [6.07, 6.45) is -5.56. The molecule has 1 heterocycles. The van der Waals surface area contributed by atoms with Crippen LogP contribution in [0.3, 0.4) is 0 Å². The molecule has 3 aromatic carbocycles. The Bertz CT molecular complexity index is 1050. The Hall–Kier alpha value is -3.12. The zero-order chi connectivity index (χ0) is 19.9. The summed E-state index contributed by atoms with van der Waals surface area (Å²) < 4.78 is 39.3. The molecule has 0 fully saturated rings. The number of aryl methyl sites for hydroxylation is 1. The summed E-state index contributed by atoms with van der Waals surface area (Å²) in [7, 11) is 0. The van der Waals surface area contributed by atoms with Gasteiger partial charge in [0.2, 0.25) is 0 Å². The normalized spacial score (nSPS) is 17.8. The van der Waals surface area contributed by atoms with Crippen LogP contribution in [0.2, 0.25) is 0 Å². The van der Waals surface area contributed by atoms with Crippen LogP contribution in [0, 0.1) is 6.92 Å². The summed E-state index contributed by atoms with van der Waals surface area (Å²) >= 11 is 0. The van der Waals surface area contributed by atoms with Gasteiger partial charge in [0.1, 0.15) is 0 Å². The van der Waals surface area contributed by atoms with Gasteiger partial charge in [-0.3, -0.25) is 0 Å². The van der Waals surface area contributed by atoms with E-state index in [1.807, 2.05) is 54.6 Å². The quantitative estimate of drug-likeness (QED) is 0.626. The molecule has 1 unspecified atom stereocenters. The van der Waals surface area contributed by atoms with Crippen LogP contribution in [0.4, 0.5) is 30.2 Å². The van der Waals surface area contributed by atoms with E-state index in [0.717, 1.165) is 23.5 Å². The van der Waals surface area contributed by atoms with Crippen LogP contribution in [0.1, 0.15) is 16.7 Å². The lowest BCUT2D eigenvalue weighted by Crippen LogP contribution is -2.31. The zero-order valence-electron chi connectivity index (χ0n) is 15.0. The number of rotatable bonds is 2. The van der Waals surface area contributed by atoms with Crippen molar-refractivity contribution in [3.63, 3.8) is 0 Å². The van der Waals surface area contributed by atoms with Crippen LogP contribution in [0.15, 0.2) is 77.8 Å². The van der Waals surface area contributed by atoms with Gasteiger partial charge in [-0.1, -0.05) is 42.5 Å². The Balaban J connectivity index is 1.85. The minimum atomic E-state index is -4.45. The monoisotopic (exact) mass is 382 g/mol. The van der Waals surface area contributed by atoms with E-state index in [1.54, 1.807) is 11.8 Å². The molecule has 1 aliphatic heterocycles. The summed E-state index contributed by atoms with van der Waals surface area (Å²) in [6, 6.07) is 20.1. The fourth-order valence-corrected chi connectivity index (χ4v) is 3.32. The minimum absolute atomic E-state index is 0.189. The van der Waals surface area contributed by atoms with Crippen molar-refractivity contribution in [2.45, 2.75) is 19.3 Å². The molecular weight excluding hydrogens is 365 g/mol. The van der Waals surface area contributed by atoms with Gasteiger partial charge in [0.05, 0.1) is 22.6 Å². The number of aliphatic hydroxyl groups excluding tert-OH is 1. The predicted molar refractivity (Wildman–Crippen MR) is 103 cm³/mol. The van der Waals surface area contributed by atoms with Crippen molar-refractivity contribution in [1.29, 1.82) is 0 Å². The van der Waals surface area contributed by atoms with Crippen LogP contribution in [0.5, 0.6) is 0 Å². The molecule has 142 valence electrons. The van der Waals surface area contributed by atoms with E-state index >= 15 is 0 Å². The molecule has 0 bridgehead atoms. The second-order valence-electron chi connectivity index (χ2n) is 6.59. The van der Waals surface area contributed by atoms with Crippen LogP contribution >= 0.6 is 0 Å². The lowest BCUT2D eigenvalue weighted by Gasteiger charge is -2.23. The summed E-state index contributed by atoms with van der Waals surface area (Å²) in [5, 5.41) is 11.0. The smallest absolute Gasteiger partial charge is 0.368 e. The van der Waals surface area contributed by atoms with Crippen molar-refractivity contribution in [2.24, 2.45) is 4.99 Å². The third kappa shape index (κ3) is 3.16. The van der Waals surface area contributed by atoms with Gasteiger partial charge in [-0.2, -0.15) is 13.2 Å². The molecule has 28 heavy (non-hydrogen) atoms. The number of anilines is 2. The molecule has 1 aliphatic rings. The van der Waals surface area contributed by atoms with E-state index in [-0.39, 0.29) is 5.69 Å². The second kappa shape index (κ2) is 6.80. The number of alkyl halides is 3. The van der Waals surface area contributed by atoms with Crippen molar-refractivity contribution < 1.29 is 18.3 Å². The largest absolute Gasteiger partial charge is 0.416 e. The van der Waals surface area contributed by atoms with Gasteiger partial charge in [-0.05, 0) is 42.8 Å². The number of aliphatic imine (C=N–C) groups is 1. The number of fused-ring (bicyclic) bond motifs is 1. The molecule has 0 aromatic heterocycles. The van der Waals surface area contributed by atoms with Crippen molar-refractivity contribution in [3.05, 3.63) is 89.5 Å². The first-order chi connectivity index (χ1) is 13.4. The lowest BCUT2D eigenvalue weighted by atomic mass is 10.1. The standard InChI is InChI=1S/C22H17F3N2O/c1-14-11-12-15(22(23,24)25)13-18(14)26-20-17-9-5-6-10-19(17)27(21(20)28)16-7-3-2-4-8-16/h2-13,21,28H,1H3. The number of aliphatic hydroxyl groups is 1. The van der Waals surface area contributed by atoms with E-state index < -0.39 is 18.0 Å². The van der Waals surface area contributed by atoms with Gasteiger partial charge >= 0.3 is 6.18 Å². The number of benzene rings is 3. The van der Waals surface area contributed by atoms with Crippen molar-refractivity contribution in [2.75, 3.05) is 4.90 Å². The third-order valence-corrected chi connectivity index (χ3v) is 4.74. The number of hydrogen-bond acceptors (Lipinski definition) is 3. The fourth-order valence-electron chi connectivity index (χ4n) is 3.32. The van der Waals surface area contributed by atoms with E-state index in [4.69, 9.17) is 0 Å². The van der Waals surface area contributed by atoms with Gasteiger partial charge in [0, 0.05) is 11.3 Å². The molecule has 1 N–H and O–H groups in total. The van der Waals surface area contributed by atoms with Crippen LogP contribution < -0.4 is 4.90 Å². The van der Waals surface area contributed by atoms with Crippen LogP contribution in [0.25, 0.3) is 0 Å². The van der Waals surface area contributed by atoms with Gasteiger partial charge in [-0.15, -0.1) is 0 Å². The average Bonchev–Trinajstić information content (AvgIpc) is 2.95. The van der Waals surface area contributed by atoms with E-state index in [0.29, 0.717) is 16.8 Å². The lowest BCUT2D eigenvalue weighted by molar-refractivity contribution is -0.137. The van der Waals surface area contributed by atoms with Gasteiger partial charge in [-0.25, -0.2) is 4.99 Å².